The number of amides is 1. The van der Waals surface area contributed by atoms with Crippen LogP contribution in [-0.4, -0.2) is 31.0 Å². The Morgan fingerprint density at radius 3 is 2.42 bits per heavy atom. The monoisotopic (exact) mass is 352 g/mol. The SMILES string of the molecule is COCc1ccccc1C(=O)NCc1ccc(CN2CCCCC2)cc1. The highest BCUT2D eigenvalue weighted by Gasteiger charge is 2.11. The van der Waals surface area contributed by atoms with Crippen molar-refractivity contribution in [2.24, 2.45) is 0 Å². The van der Waals surface area contributed by atoms with Gasteiger partial charge in [0.2, 0.25) is 0 Å². The van der Waals surface area contributed by atoms with E-state index in [0.29, 0.717) is 18.7 Å². The summed E-state index contributed by atoms with van der Waals surface area (Å²) in [6.07, 6.45) is 3.99. The summed E-state index contributed by atoms with van der Waals surface area (Å²) in [5.74, 6) is -0.0601. The van der Waals surface area contributed by atoms with E-state index in [2.05, 4.69) is 34.5 Å². The molecule has 4 nitrogen and oxygen atoms in total. The molecule has 138 valence electrons. The molecule has 0 saturated carbocycles. The van der Waals surface area contributed by atoms with Gasteiger partial charge in [-0.1, -0.05) is 48.9 Å². The van der Waals surface area contributed by atoms with Gasteiger partial charge in [0.15, 0.2) is 0 Å². The molecule has 1 aliphatic heterocycles. The van der Waals surface area contributed by atoms with Crippen molar-refractivity contribution < 1.29 is 9.53 Å². The van der Waals surface area contributed by atoms with Crippen LogP contribution < -0.4 is 5.32 Å². The second-order valence-corrected chi connectivity index (χ2v) is 6.93. The third kappa shape index (κ3) is 5.16. The lowest BCUT2D eigenvalue weighted by Gasteiger charge is -2.26. The summed E-state index contributed by atoms with van der Waals surface area (Å²) in [6, 6.07) is 16.1. The highest BCUT2D eigenvalue weighted by atomic mass is 16.5. The first-order chi connectivity index (χ1) is 12.8. The molecule has 0 aromatic heterocycles. The number of likely N-dealkylation sites (tertiary alicyclic amines) is 1. The Labute approximate surface area is 156 Å². The molecule has 1 amide bonds. The number of carbonyl (C=O) groups excluding carboxylic acids is 1. The molecule has 1 saturated heterocycles. The number of hydrogen-bond acceptors (Lipinski definition) is 3. The van der Waals surface area contributed by atoms with Crippen molar-refractivity contribution >= 4 is 5.91 Å². The fourth-order valence-corrected chi connectivity index (χ4v) is 3.44. The van der Waals surface area contributed by atoms with Crippen LogP contribution in [0.15, 0.2) is 48.5 Å². The van der Waals surface area contributed by atoms with Crippen molar-refractivity contribution in [3.05, 3.63) is 70.8 Å². The maximum Gasteiger partial charge on any atom is 0.251 e. The summed E-state index contributed by atoms with van der Waals surface area (Å²) >= 11 is 0. The van der Waals surface area contributed by atoms with E-state index in [1.807, 2.05) is 24.3 Å². The van der Waals surface area contributed by atoms with Gasteiger partial charge in [-0.05, 0) is 48.7 Å². The van der Waals surface area contributed by atoms with Crippen molar-refractivity contribution in [3.63, 3.8) is 0 Å². The largest absolute Gasteiger partial charge is 0.380 e. The molecule has 1 fully saturated rings. The first kappa shape index (κ1) is 18.6. The number of nitrogens with one attached hydrogen (secondary N) is 1. The Kier molecular flexibility index (Phi) is 6.81. The van der Waals surface area contributed by atoms with Gasteiger partial charge in [-0.15, -0.1) is 0 Å². The van der Waals surface area contributed by atoms with Gasteiger partial charge in [-0.25, -0.2) is 0 Å². The van der Waals surface area contributed by atoms with Crippen LogP contribution in [0.25, 0.3) is 0 Å². The lowest BCUT2D eigenvalue weighted by molar-refractivity contribution is 0.0946. The van der Waals surface area contributed by atoms with Gasteiger partial charge in [0.25, 0.3) is 5.91 Å². The van der Waals surface area contributed by atoms with Crippen LogP contribution in [0, 0.1) is 0 Å². The van der Waals surface area contributed by atoms with Crippen LogP contribution in [0.4, 0.5) is 0 Å². The minimum absolute atomic E-state index is 0.0601. The fraction of sp³-hybridized carbons (Fsp3) is 0.409. The second kappa shape index (κ2) is 9.51. The topological polar surface area (TPSA) is 41.6 Å². The number of piperidine rings is 1. The van der Waals surface area contributed by atoms with E-state index in [1.165, 1.54) is 37.9 Å². The average molecular weight is 352 g/mol. The molecule has 2 aromatic rings. The van der Waals surface area contributed by atoms with E-state index >= 15 is 0 Å². The van der Waals surface area contributed by atoms with Gasteiger partial charge >= 0.3 is 0 Å². The quantitative estimate of drug-likeness (QED) is 0.825. The van der Waals surface area contributed by atoms with E-state index in [9.17, 15) is 4.79 Å². The van der Waals surface area contributed by atoms with Gasteiger partial charge in [0.1, 0.15) is 0 Å². The zero-order chi connectivity index (χ0) is 18.2. The van der Waals surface area contributed by atoms with Gasteiger partial charge in [-0.3, -0.25) is 9.69 Å². The summed E-state index contributed by atoms with van der Waals surface area (Å²) in [5.41, 5.74) is 4.04. The molecule has 0 unspecified atom stereocenters. The van der Waals surface area contributed by atoms with Crippen LogP contribution in [0.2, 0.25) is 0 Å². The minimum Gasteiger partial charge on any atom is -0.380 e. The maximum atomic E-state index is 12.5. The van der Waals surface area contributed by atoms with E-state index < -0.39 is 0 Å². The Morgan fingerprint density at radius 2 is 1.69 bits per heavy atom. The summed E-state index contributed by atoms with van der Waals surface area (Å²) in [4.78, 5) is 15.0. The van der Waals surface area contributed by atoms with E-state index in [1.54, 1.807) is 7.11 Å². The molecule has 1 aliphatic rings. The number of rotatable bonds is 7. The molecular weight excluding hydrogens is 324 g/mol. The molecule has 4 heteroatoms. The van der Waals surface area contributed by atoms with Crippen molar-refractivity contribution in [2.45, 2.75) is 39.0 Å². The molecule has 26 heavy (non-hydrogen) atoms. The van der Waals surface area contributed by atoms with Crippen molar-refractivity contribution in [2.75, 3.05) is 20.2 Å². The Balaban J connectivity index is 1.53. The van der Waals surface area contributed by atoms with Crippen LogP contribution >= 0.6 is 0 Å². The van der Waals surface area contributed by atoms with Gasteiger partial charge < -0.3 is 10.1 Å². The van der Waals surface area contributed by atoms with Crippen LogP contribution in [0.5, 0.6) is 0 Å². The number of methoxy groups -OCH3 is 1. The summed E-state index contributed by atoms with van der Waals surface area (Å²) < 4.78 is 5.17. The van der Waals surface area contributed by atoms with Crippen molar-refractivity contribution in [1.29, 1.82) is 0 Å². The third-order valence-corrected chi connectivity index (χ3v) is 4.89. The Morgan fingerprint density at radius 1 is 1.00 bits per heavy atom. The number of hydrogen-bond donors (Lipinski definition) is 1. The first-order valence-electron chi connectivity index (χ1n) is 9.41. The zero-order valence-electron chi connectivity index (χ0n) is 15.5. The zero-order valence-corrected chi connectivity index (χ0v) is 15.5. The van der Waals surface area contributed by atoms with Gasteiger partial charge in [-0.2, -0.15) is 0 Å². The Bertz CT molecular complexity index is 706. The number of ether oxygens (including phenoxy) is 1. The van der Waals surface area contributed by atoms with Crippen molar-refractivity contribution in [1.82, 2.24) is 10.2 Å². The van der Waals surface area contributed by atoms with Gasteiger partial charge in [0, 0.05) is 25.8 Å². The fourth-order valence-electron chi connectivity index (χ4n) is 3.44. The number of nitrogens with zero attached hydrogens (tertiary/aromatic N) is 1. The van der Waals surface area contributed by atoms with E-state index in [4.69, 9.17) is 4.74 Å². The molecule has 3 rings (SSSR count). The Hall–Kier alpha value is -2.17. The standard InChI is InChI=1S/C22H28N2O2/c1-26-17-20-7-3-4-8-21(20)22(25)23-15-18-9-11-19(12-10-18)16-24-13-5-2-6-14-24/h3-4,7-12H,2,5-6,13-17H2,1H3,(H,23,25). The predicted molar refractivity (Wildman–Crippen MR) is 104 cm³/mol. The highest BCUT2D eigenvalue weighted by molar-refractivity contribution is 5.95. The smallest absolute Gasteiger partial charge is 0.251 e. The van der Waals surface area contributed by atoms with Crippen LogP contribution in [0.1, 0.15) is 46.3 Å². The average Bonchev–Trinajstić information content (AvgIpc) is 2.69. The molecule has 0 radical (unpaired) electrons. The molecule has 2 aromatic carbocycles. The van der Waals surface area contributed by atoms with Crippen LogP contribution in [-0.2, 0) is 24.4 Å². The van der Waals surface area contributed by atoms with E-state index in [-0.39, 0.29) is 5.91 Å². The predicted octanol–water partition coefficient (Wildman–Crippen LogP) is 3.75. The summed E-state index contributed by atoms with van der Waals surface area (Å²) in [7, 11) is 1.64. The molecule has 0 spiro atoms. The maximum absolute atomic E-state index is 12.5. The first-order valence-corrected chi connectivity index (χ1v) is 9.41. The lowest BCUT2D eigenvalue weighted by atomic mass is 10.1. The minimum atomic E-state index is -0.0601. The van der Waals surface area contributed by atoms with Gasteiger partial charge in [0.05, 0.1) is 6.61 Å². The third-order valence-electron chi connectivity index (χ3n) is 4.89. The van der Waals surface area contributed by atoms with Crippen molar-refractivity contribution in [3.8, 4) is 0 Å². The number of carbonyl (C=O) groups is 1. The highest BCUT2D eigenvalue weighted by Crippen LogP contribution is 2.14. The molecular formula is C22H28N2O2. The molecule has 0 aliphatic carbocycles. The van der Waals surface area contributed by atoms with Crippen LogP contribution in [0.3, 0.4) is 0 Å². The molecule has 1 heterocycles. The summed E-state index contributed by atoms with van der Waals surface area (Å²) in [6.45, 7) is 4.41. The molecule has 1 N–H and O–H groups in total. The number of benzene rings is 2. The summed E-state index contributed by atoms with van der Waals surface area (Å²) in [5, 5.41) is 3.01. The van der Waals surface area contributed by atoms with E-state index in [0.717, 1.165) is 17.7 Å². The molecule has 0 bridgehead atoms. The lowest BCUT2D eigenvalue weighted by Crippen LogP contribution is -2.29. The second-order valence-electron chi connectivity index (χ2n) is 6.93. The normalized spacial score (nSPS) is 15.0. The molecule has 0 atom stereocenters.